The standard InChI is InChI=1S/C30H59N3O8/c1-6-36-16-18-38-20-22-40-24-28(5)31-14-11-9-13-27(4)33-30(35)26(3)12-8-10-15-32-29(34)25-41-23-21-39-19-17-37-7-2/h26-27,31H,5-25H2,1-4H3,(H,32,34)(H,33,35)/t26-,27+/m0/s1. The SMILES string of the molecule is C=C(COCCOCCOCC)NCCCC[C@@H](C)NC(=O)[C@@H](C)CCCCNC(=O)COCCOCCOCC. The van der Waals surface area contributed by atoms with Crippen LogP contribution >= 0.6 is 0 Å². The molecule has 0 rings (SSSR count). The highest BCUT2D eigenvalue weighted by molar-refractivity contribution is 5.78. The monoisotopic (exact) mass is 589 g/mol. The van der Waals surface area contributed by atoms with Gasteiger partial charge in [-0.3, -0.25) is 9.59 Å². The van der Waals surface area contributed by atoms with E-state index in [1.54, 1.807) is 0 Å². The maximum absolute atomic E-state index is 12.5. The summed E-state index contributed by atoms with van der Waals surface area (Å²) in [6, 6.07) is 0.133. The molecular weight excluding hydrogens is 530 g/mol. The quantitative estimate of drug-likeness (QED) is 0.105. The maximum Gasteiger partial charge on any atom is 0.245 e. The van der Waals surface area contributed by atoms with Crippen molar-refractivity contribution < 1.29 is 38.0 Å². The van der Waals surface area contributed by atoms with Crippen molar-refractivity contribution in [2.24, 2.45) is 5.92 Å². The van der Waals surface area contributed by atoms with Crippen molar-refractivity contribution in [1.82, 2.24) is 16.0 Å². The number of carbonyl (C=O) groups excluding carboxylic acids is 2. The highest BCUT2D eigenvalue weighted by Gasteiger charge is 2.15. The summed E-state index contributed by atoms with van der Waals surface area (Å²) >= 11 is 0. The van der Waals surface area contributed by atoms with E-state index >= 15 is 0 Å². The van der Waals surface area contributed by atoms with Crippen molar-refractivity contribution in [3.8, 4) is 0 Å². The molecule has 0 fully saturated rings. The number of nitrogens with one attached hydrogen (secondary N) is 3. The summed E-state index contributed by atoms with van der Waals surface area (Å²) in [7, 11) is 0. The van der Waals surface area contributed by atoms with E-state index in [-0.39, 0.29) is 30.4 Å². The van der Waals surface area contributed by atoms with Gasteiger partial charge in [-0.15, -0.1) is 0 Å². The number of ether oxygens (including phenoxy) is 6. The molecule has 0 heterocycles. The van der Waals surface area contributed by atoms with Gasteiger partial charge in [0.2, 0.25) is 11.8 Å². The Morgan fingerprint density at radius 1 is 0.634 bits per heavy atom. The van der Waals surface area contributed by atoms with Gasteiger partial charge in [-0.25, -0.2) is 0 Å². The molecule has 0 radical (unpaired) electrons. The molecular formula is C30H59N3O8. The summed E-state index contributed by atoms with van der Waals surface area (Å²) in [5.41, 5.74) is 0.859. The van der Waals surface area contributed by atoms with Crippen molar-refractivity contribution in [3.63, 3.8) is 0 Å². The van der Waals surface area contributed by atoms with E-state index < -0.39 is 0 Å². The number of hydrogen-bond acceptors (Lipinski definition) is 9. The first-order valence-corrected chi connectivity index (χ1v) is 15.4. The number of rotatable bonds is 31. The third kappa shape index (κ3) is 28.1. The van der Waals surface area contributed by atoms with Crippen LogP contribution in [0.1, 0.15) is 66.2 Å². The molecule has 2 amide bonds. The summed E-state index contributed by atoms with van der Waals surface area (Å²) < 4.78 is 32.0. The molecule has 3 N–H and O–H groups in total. The van der Waals surface area contributed by atoms with Crippen LogP contribution in [0.15, 0.2) is 12.3 Å². The fourth-order valence-electron chi connectivity index (χ4n) is 3.66. The van der Waals surface area contributed by atoms with Gasteiger partial charge < -0.3 is 44.4 Å². The van der Waals surface area contributed by atoms with E-state index in [0.29, 0.717) is 79.2 Å². The molecule has 0 saturated heterocycles. The molecule has 0 aliphatic rings. The fourth-order valence-corrected chi connectivity index (χ4v) is 3.66. The van der Waals surface area contributed by atoms with Gasteiger partial charge in [0.25, 0.3) is 0 Å². The largest absolute Gasteiger partial charge is 0.387 e. The van der Waals surface area contributed by atoms with Gasteiger partial charge >= 0.3 is 0 Å². The van der Waals surface area contributed by atoms with Crippen LogP contribution in [0.2, 0.25) is 0 Å². The molecule has 242 valence electrons. The van der Waals surface area contributed by atoms with Crippen LogP contribution in [0.4, 0.5) is 0 Å². The first-order chi connectivity index (χ1) is 19.9. The number of carbonyl (C=O) groups is 2. The maximum atomic E-state index is 12.5. The van der Waals surface area contributed by atoms with Crippen molar-refractivity contribution in [3.05, 3.63) is 12.3 Å². The smallest absolute Gasteiger partial charge is 0.245 e. The first kappa shape index (κ1) is 39.2. The van der Waals surface area contributed by atoms with Gasteiger partial charge in [0.05, 0.1) is 59.5 Å². The highest BCUT2D eigenvalue weighted by atomic mass is 16.5. The minimum atomic E-state index is -0.137. The minimum absolute atomic E-state index is 0.0245. The average Bonchev–Trinajstić information content (AvgIpc) is 2.95. The molecule has 0 spiro atoms. The molecule has 41 heavy (non-hydrogen) atoms. The van der Waals surface area contributed by atoms with Gasteiger partial charge in [-0.05, 0) is 52.9 Å². The lowest BCUT2D eigenvalue weighted by atomic mass is 10.0. The number of hydrogen-bond donors (Lipinski definition) is 3. The van der Waals surface area contributed by atoms with E-state index in [1.807, 2.05) is 27.7 Å². The van der Waals surface area contributed by atoms with Crippen LogP contribution in [-0.2, 0) is 38.0 Å². The lowest BCUT2D eigenvalue weighted by Gasteiger charge is -2.18. The van der Waals surface area contributed by atoms with Crippen molar-refractivity contribution in [1.29, 1.82) is 0 Å². The molecule has 0 aromatic rings. The molecule has 0 unspecified atom stereocenters. The average molecular weight is 590 g/mol. The molecule has 11 heteroatoms. The summed E-state index contributed by atoms with van der Waals surface area (Å²) in [5.74, 6) is -0.107. The first-order valence-electron chi connectivity index (χ1n) is 15.4. The number of amides is 2. The minimum Gasteiger partial charge on any atom is -0.387 e. The van der Waals surface area contributed by atoms with Crippen LogP contribution in [-0.4, -0.2) is 110 Å². The predicted molar refractivity (Wildman–Crippen MR) is 161 cm³/mol. The Kier molecular flexibility index (Phi) is 28.4. The molecule has 2 atom stereocenters. The topological polar surface area (TPSA) is 126 Å². The normalized spacial score (nSPS) is 12.6. The Morgan fingerprint density at radius 3 is 1.71 bits per heavy atom. The van der Waals surface area contributed by atoms with Crippen LogP contribution in [0.25, 0.3) is 0 Å². The molecule has 11 nitrogen and oxygen atoms in total. The second-order valence-electron chi connectivity index (χ2n) is 9.91. The van der Waals surface area contributed by atoms with Crippen LogP contribution in [0.5, 0.6) is 0 Å². The van der Waals surface area contributed by atoms with E-state index in [0.717, 1.165) is 50.8 Å². The second-order valence-corrected chi connectivity index (χ2v) is 9.91. The van der Waals surface area contributed by atoms with E-state index in [4.69, 9.17) is 28.4 Å². The van der Waals surface area contributed by atoms with Crippen LogP contribution in [0, 0.1) is 5.92 Å². The van der Waals surface area contributed by atoms with Gasteiger partial charge in [0, 0.05) is 44.0 Å². The molecule has 0 aliphatic heterocycles. The number of unbranched alkanes of at least 4 members (excludes halogenated alkanes) is 2. The Balaban J connectivity index is 3.61. The zero-order valence-electron chi connectivity index (χ0n) is 26.3. The van der Waals surface area contributed by atoms with Gasteiger partial charge in [-0.1, -0.05) is 19.9 Å². The van der Waals surface area contributed by atoms with Crippen LogP contribution < -0.4 is 16.0 Å². The fraction of sp³-hybridized carbons (Fsp3) is 0.867. The predicted octanol–water partition coefficient (Wildman–Crippen LogP) is 2.83. The molecule has 0 bridgehead atoms. The summed E-state index contributed by atoms with van der Waals surface area (Å²) in [6.45, 7) is 19.3. The summed E-state index contributed by atoms with van der Waals surface area (Å²) in [4.78, 5) is 24.3. The highest BCUT2D eigenvalue weighted by Crippen LogP contribution is 2.09. The zero-order valence-corrected chi connectivity index (χ0v) is 26.3. The molecule has 0 aromatic heterocycles. The van der Waals surface area contributed by atoms with Crippen molar-refractivity contribution >= 4 is 11.8 Å². The van der Waals surface area contributed by atoms with Gasteiger partial charge in [0.1, 0.15) is 6.61 Å². The lowest BCUT2D eigenvalue weighted by Crippen LogP contribution is -2.36. The summed E-state index contributed by atoms with van der Waals surface area (Å²) in [5, 5.41) is 9.26. The lowest BCUT2D eigenvalue weighted by molar-refractivity contribution is -0.127. The molecule has 0 aromatic carbocycles. The third-order valence-electron chi connectivity index (χ3n) is 6.07. The zero-order chi connectivity index (χ0) is 30.4. The van der Waals surface area contributed by atoms with Crippen LogP contribution in [0.3, 0.4) is 0 Å². The van der Waals surface area contributed by atoms with Crippen molar-refractivity contribution in [2.75, 3.05) is 92.4 Å². The summed E-state index contributed by atoms with van der Waals surface area (Å²) in [6.07, 6.45) is 5.42. The van der Waals surface area contributed by atoms with E-state index in [9.17, 15) is 9.59 Å². The van der Waals surface area contributed by atoms with Gasteiger partial charge in [-0.2, -0.15) is 0 Å². The van der Waals surface area contributed by atoms with Crippen molar-refractivity contribution in [2.45, 2.75) is 72.3 Å². The molecule has 0 saturated carbocycles. The Labute approximate surface area is 248 Å². The van der Waals surface area contributed by atoms with E-state index in [1.165, 1.54) is 0 Å². The Hall–Kier alpha value is -1.76. The van der Waals surface area contributed by atoms with E-state index in [2.05, 4.69) is 22.5 Å². The molecule has 0 aliphatic carbocycles. The Morgan fingerprint density at radius 2 is 1.12 bits per heavy atom. The second kappa shape index (κ2) is 29.7. The van der Waals surface area contributed by atoms with Gasteiger partial charge in [0.15, 0.2) is 0 Å². The third-order valence-corrected chi connectivity index (χ3v) is 6.07. The Bertz CT molecular complexity index is 639.